The van der Waals surface area contributed by atoms with Gasteiger partial charge in [-0.25, -0.2) is 0 Å². The molecule has 0 amide bonds. The summed E-state index contributed by atoms with van der Waals surface area (Å²) in [5.41, 5.74) is 0.591. The van der Waals surface area contributed by atoms with Crippen molar-refractivity contribution in [2.45, 2.75) is 76.6 Å². The lowest BCUT2D eigenvalue weighted by molar-refractivity contribution is -0.161. The number of nitrogens with zero attached hydrogens (tertiary/aromatic N) is 2. The maximum absolute atomic E-state index is 11.5. The highest BCUT2D eigenvalue weighted by atomic mass is 16.6. The SMILES string of the molecule is CC(=O)O[C@]1(C)C[C@H](C2=CCCCC2)O[C@@H]1CC/C(O)=C/[N+]#N. The molecule has 1 N–H and O–H groups in total. The van der Waals surface area contributed by atoms with E-state index in [0.29, 0.717) is 19.3 Å². The molecule has 1 saturated heterocycles. The molecule has 6 heteroatoms. The number of aliphatic hydroxyl groups excluding tert-OH is 1. The first-order chi connectivity index (χ1) is 10.9. The fraction of sp³-hybridized carbons (Fsp3) is 0.706. The molecule has 2 aliphatic rings. The van der Waals surface area contributed by atoms with E-state index in [1.807, 2.05) is 6.92 Å². The topological polar surface area (TPSA) is 83.9 Å². The van der Waals surface area contributed by atoms with Crippen LogP contribution < -0.4 is 0 Å². The molecule has 0 saturated carbocycles. The molecule has 0 bridgehead atoms. The van der Waals surface area contributed by atoms with Gasteiger partial charge >= 0.3 is 12.2 Å². The standard InChI is InChI=1S/C17H24N2O4/c1-12(20)23-17(2)10-15(13-6-4-3-5-7-13)22-16(17)9-8-14(21)11-19-18/h6,11,15-16H,3-5,7-10H2,1-2H3/p+1/b14-11-/t15-,16-,17-/m1/s1. The zero-order valence-corrected chi connectivity index (χ0v) is 13.8. The van der Waals surface area contributed by atoms with Crippen molar-refractivity contribution < 1.29 is 19.4 Å². The summed E-state index contributed by atoms with van der Waals surface area (Å²) in [4.78, 5) is 14.3. The lowest BCUT2D eigenvalue weighted by Gasteiger charge is -2.29. The number of rotatable bonds is 5. The molecule has 1 heterocycles. The minimum Gasteiger partial charge on any atom is -0.505 e. The van der Waals surface area contributed by atoms with Crippen LogP contribution in [0.5, 0.6) is 0 Å². The van der Waals surface area contributed by atoms with E-state index in [1.54, 1.807) is 0 Å². The summed E-state index contributed by atoms with van der Waals surface area (Å²) in [6.07, 6.45) is 8.83. The minimum atomic E-state index is -0.703. The van der Waals surface area contributed by atoms with Crippen LogP contribution in [0.1, 0.15) is 58.8 Å². The highest BCUT2D eigenvalue weighted by molar-refractivity contribution is 5.66. The second-order valence-electron chi connectivity index (χ2n) is 6.52. The van der Waals surface area contributed by atoms with Gasteiger partial charge in [0.25, 0.3) is 0 Å². The Balaban J connectivity index is 2.09. The molecule has 6 nitrogen and oxygen atoms in total. The van der Waals surface area contributed by atoms with Gasteiger partial charge in [0, 0.05) is 19.8 Å². The Kier molecular flexibility index (Phi) is 5.78. The average Bonchev–Trinajstić information content (AvgIpc) is 2.82. The molecule has 2 rings (SSSR count). The molecule has 0 aromatic carbocycles. The minimum absolute atomic E-state index is 0.0263. The van der Waals surface area contributed by atoms with Gasteiger partial charge in [0.15, 0.2) is 10.7 Å². The van der Waals surface area contributed by atoms with Crippen molar-refractivity contribution in [2.75, 3.05) is 0 Å². The molecular weight excluding hydrogens is 296 g/mol. The van der Waals surface area contributed by atoms with Crippen LogP contribution in [0, 0.1) is 5.39 Å². The second kappa shape index (κ2) is 7.60. The third-order valence-corrected chi connectivity index (χ3v) is 4.59. The maximum Gasteiger partial charge on any atom is 0.387 e. The Labute approximate surface area is 136 Å². The van der Waals surface area contributed by atoms with Crippen LogP contribution in [0.3, 0.4) is 0 Å². The van der Waals surface area contributed by atoms with E-state index >= 15 is 0 Å². The Morgan fingerprint density at radius 2 is 2.39 bits per heavy atom. The van der Waals surface area contributed by atoms with Crippen LogP contribution in [0.2, 0.25) is 0 Å². The van der Waals surface area contributed by atoms with Crippen LogP contribution in [0.4, 0.5) is 0 Å². The number of esters is 1. The zero-order chi connectivity index (χ0) is 16.9. The Bertz CT molecular complexity index is 549. The van der Waals surface area contributed by atoms with Crippen molar-refractivity contribution in [3.8, 4) is 0 Å². The lowest BCUT2D eigenvalue weighted by atomic mass is 9.88. The van der Waals surface area contributed by atoms with Crippen LogP contribution in [-0.4, -0.2) is 28.9 Å². The number of carbonyl (C=O) groups excluding carboxylic acids is 1. The Hall–Kier alpha value is -1.87. The van der Waals surface area contributed by atoms with E-state index < -0.39 is 5.60 Å². The van der Waals surface area contributed by atoms with E-state index in [-0.39, 0.29) is 23.9 Å². The summed E-state index contributed by atoms with van der Waals surface area (Å²) in [7, 11) is 0. The van der Waals surface area contributed by atoms with E-state index in [0.717, 1.165) is 19.0 Å². The van der Waals surface area contributed by atoms with Gasteiger partial charge in [-0.15, -0.1) is 0 Å². The van der Waals surface area contributed by atoms with E-state index in [2.05, 4.69) is 11.1 Å². The number of allylic oxidation sites excluding steroid dienone is 2. The fourth-order valence-electron chi connectivity index (χ4n) is 3.48. The van der Waals surface area contributed by atoms with Gasteiger partial charge in [-0.3, -0.25) is 4.79 Å². The van der Waals surface area contributed by atoms with Crippen molar-refractivity contribution in [3.05, 3.63) is 28.6 Å². The molecule has 0 aromatic heterocycles. The predicted octanol–water partition coefficient (Wildman–Crippen LogP) is 4.00. The van der Waals surface area contributed by atoms with Gasteiger partial charge < -0.3 is 14.6 Å². The van der Waals surface area contributed by atoms with Gasteiger partial charge in [-0.2, -0.15) is 0 Å². The van der Waals surface area contributed by atoms with Crippen LogP contribution >= 0.6 is 0 Å². The molecule has 3 atom stereocenters. The van der Waals surface area contributed by atoms with Crippen molar-refractivity contribution in [1.29, 1.82) is 5.39 Å². The molecular formula is C17H25N2O4+. The van der Waals surface area contributed by atoms with Crippen molar-refractivity contribution in [3.63, 3.8) is 0 Å². The van der Waals surface area contributed by atoms with Gasteiger partial charge in [-0.05, 0) is 44.6 Å². The molecule has 0 spiro atoms. The first-order valence-electron chi connectivity index (χ1n) is 8.21. The zero-order valence-electron chi connectivity index (χ0n) is 13.8. The fourth-order valence-corrected chi connectivity index (χ4v) is 3.48. The summed E-state index contributed by atoms with van der Waals surface area (Å²) >= 11 is 0. The summed E-state index contributed by atoms with van der Waals surface area (Å²) < 4.78 is 11.7. The third kappa shape index (κ3) is 4.55. The molecule has 126 valence electrons. The highest BCUT2D eigenvalue weighted by Crippen LogP contribution is 2.41. The van der Waals surface area contributed by atoms with Crippen LogP contribution in [0.25, 0.3) is 4.98 Å². The van der Waals surface area contributed by atoms with Gasteiger partial charge in [0.1, 0.15) is 5.60 Å². The van der Waals surface area contributed by atoms with Crippen LogP contribution in [0.15, 0.2) is 23.6 Å². The summed E-state index contributed by atoms with van der Waals surface area (Å²) in [6, 6.07) is 0. The average molecular weight is 321 g/mol. The Morgan fingerprint density at radius 1 is 1.61 bits per heavy atom. The molecule has 1 fully saturated rings. The molecule has 1 aliphatic heterocycles. The number of aliphatic hydroxyl groups is 1. The quantitative estimate of drug-likeness (QED) is 0.358. The van der Waals surface area contributed by atoms with E-state index in [1.165, 1.54) is 25.3 Å². The van der Waals surface area contributed by atoms with Gasteiger partial charge in [0.2, 0.25) is 5.39 Å². The molecule has 23 heavy (non-hydrogen) atoms. The first-order valence-corrected chi connectivity index (χ1v) is 8.21. The number of hydrogen-bond acceptors (Lipinski definition) is 5. The number of diazo groups is 1. The Morgan fingerprint density at radius 3 is 3.00 bits per heavy atom. The summed E-state index contributed by atoms with van der Waals surface area (Å²) in [5.74, 6) is -0.355. The third-order valence-electron chi connectivity index (χ3n) is 4.59. The predicted molar refractivity (Wildman–Crippen MR) is 85.0 cm³/mol. The van der Waals surface area contributed by atoms with Gasteiger partial charge in [-0.1, -0.05) is 6.08 Å². The summed E-state index contributed by atoms with van der Waals surface area (Å²) in [5, 5.41) is 18.1. The number of carbonyl (C=O) groups is 1. The van der Waals surface area contributed by atoms with Gasteiger partial charge in [0.05, 0.1) is 12.2 Å². The highest BCUT2D eigenvalue weighted by Gasteiger charge is 2.48. The molecule has 0 unspecified atom stereocenters. The van der Waals surface area contributed by atoms with Crippen molar-refractivity contribution >= 4 is 5.97 Å². The second-order valence-corrected chi connectivity index (χ2v) is 6.52. The maximum atomic E-state index is 11.5. The van der Waals surface area contributed by atoms with E-state index in [4.69, 9.17) is 14.9 Å². The molecule has 1 aliphatic carbocycles. The van der Waals surface area contributed by atoms with E-state index in [9.17, 15) is 9.90 Å². The van der Waals surface area contributed by atoms with Crippen molar-refractivity contribution in [1.82, 2.24) is 0 Å². The molecule has 0 aromatic rings. The largest absolute Gasteiger partial charge is 0.505 e. The summed E-state index contributed by atoms with van der Waals surface area (Å²) in [6.45, 7) is 3.29. The monoisotopic (exact) mass is 321 g/mol. The van der Waals surface area contributed by atoms with Crippen LogP contribution in [-0.2, 0) is 14.3 Å². The number of hydrogen-bond donors (Lipinski definition) is 1. The smallest absolute Gasteiger partial charge is 0.387 e. The first kappa shape index (κ1) is 17.5. The lowest BCUT2D eigenvalue weighted by Crippen LogP contribution is -2.39. The van der Waals surface area contributed by atoms with Crippen molar-refractivity contribution in [2.24, 2.45) is 0 Å². The molecule has 0 radical (unpaired) electrons. The normalized spacial score (nSPS) is 31.3. The number of ether oxygens (including phenoxy) is 2.